The molecule has 140 valence electrons. The van der Waals surface area contributed by atoms with Gasteiger partial charge in [0.1, 0.15) is 11.6 Å². The normalized spacial score (nSPS) is 15.3. The molecule has 1 aromatic carbocycles. The molecule has 0 bridgehead atoms. The highest BCUT2D eigenvalue weighted by Crippen LogP contribution is 2.28. The molecule has 0 amide bonds. The molecule has 0 N–H and O–H groups in total. The molecule has 0 radical (unpaired) electrons. The van der Waals surface area contributed by atoms with Gasteiger partial charge in [-0.25, -0.2) is 9.37 Å². The number of benzene rings is 1. The van der Waals surface area contributed by atoms with Gasteiger partial charge in [0, 0.05) is 44.5 Å². The van der Waals surface area contributed by atoms with Crippen LogP contribution in [0.3, 0.4) is 0 Å². The van der Waals surface area contributed by atoms with Crippen molar-refractivity contribution in [2.45, 2.75) is 26.2 Å². The van der Waals surface area contributed by atoms with Crippen LogP contribution in [0.4, 0.5) is 10.2 Å². The van der Waals surface area contributed by atoms with Crippen LogP contribution < -0.4 is 4.90 Å². The molecule has 4 rings (SSSR count). The number of aryl methyl sites for hydroxylation is 2. The molecule has 1 aliphatic rings. The van der Waals surface area contributed by atoms with Crippen molar-refractivity contribution in [3.63, 3.8) is 0 Å². The van der Waals surface area contributed by atoms with Crippen molar-refractivity contribution in [3.05, 3.63) is 59.9 Å². The van der Waals surface area contributed by atoms with E-state index in [9.17, 15) is 4.39 Å². The second-order valence-electron chi connectivity index (χ2n) is 7.34. The Labute approximate surface area is 158 Å². The number of hydrogen-bond acceptors (Lipinski definition) is 4. The number of aromatic nitrogens is 4. The molecule has 3 heterocycles. The van der Waals surface area contributed by atoms with Gasteiger partial charge in [-0.1, -0.05) is 12.1 Å². The number of anilines is 1. The molecule has 1 fully saturated rings. The van der Waals surface area contributed by atoms with E-state index < -0.39 is 0 Å². The zero-order valence-electron chi connectivity index (χ0n) is 15.8. The number of halogens is 1. The summed E-state index contributed by atoms with van der Waals surface area (Å²) in [6.07, 6.45) is 7.15. The van der Waals surface area contributed by atoms with E-state index in [1.54, 1.807) is 6.07 Å². The van der Waals surface area contributed by atoms with Gasteiger partial charge in [-0.05, 0) is 49.4 Å². The largest absolute Gasteiger partial charge is 0.355 e. The summed E-state index contributed by atoms with van der Waals surface area (Å²) >= 11 is 0. The zero-order chi connectivity index (χ0) is 18.8. The molecule has 6 heteroatoms. The Morgan fingerprint density at radius 3 is 2.63 bits per heavy atom. The first-order valence-corrected chi connectivity index (χ1v) is 9.41. The van der Waals surface area contributed by atoms with E-state index in [-0.39, 0.29) is 5.82 Å². The fourth-order valence-corrected chi connectivity index (χ4v) is 3.78. The third-order valence-electron chi connectivity index (χ3n) is 5.39. The van der Waals surface area contributed by atoms with Crippen LogP contribution >= 0.6 is 0 Å². The smallest absolute Gasteiger partial charge is 0.154 e. The maximum Gasteiger partial charge on any atom is 0.154 e. The van der Waals surface area contributed by atoms with E-state index in [0.29, 0.717) is 11.6 Å². The van der Waals surface area contributed by atoms with Crippen molar-refractivity contribution >= 4 is 5.82 Å². The number of nitrogens with zero attached hydrogens (tertiary/aromatic N) is 5. The van der Waals surface area contributed by atoms with Gasteiger partial charge in [-0.3, -0.25) is 0 Å². The molecule has 2 aromatic heterocycles. The minimum Gasteiger partial charge on any atom is -0.355 e. The predicted octanol–water partition coefficient (Wildman–Crippen LogP) is 3.78. The second-order valence-corrected chi connectivity index (χ2v) is 7.34. The van der Waals surface area contributed by atoms with Crippen LogP contribution in [0.1, 0.15) is 24.2 Å². The number of piperidine rings is 1. The Morgan fingerprint density at radius 1 is 1.15 bits per heavy atom. The van der Waals surface area contributed by atoms with Gasteiger partial charge in [0.15, 0.2) is 5.82 Å². The Bertz CT molecular complexity index is 928. The molecule has 1 saturated heterocycles. The van der Waals surface area contributed by atoms with Gasteiger partial charge < -0.3 is 9.47 Å². The highest BCUT2D eigenvalue weighted by atomic mass is 19.1. The molecule has 3 aromatic rings. The summed E-state index contributed by atoms with van der Waals surface area (Å²) in [6, 6.07) is 8.48. The minimum atomic E-state index is -0.259. The molecule has 0 aliphatic carbocycles. The standard InChI is InChI=1S/C21H24FN5/c1-15-12-19(17-4-3-5-18(22)14-17)24-25-21(15)27-9-6-16(7-10-27)13-20-23-8-11-26(20)2/h3-5,8,11-12,14,16H,6-7,9-10,13H2,1-2H3. The molecule has 0 spiro atoms. The lowest BCUT2D eigenvalue weighted by atomic mass is 9.93. The summed E-state index contributed by atoms with van der Waals surface area (Å²) in [5.41, 5.74) is 2.54. The number of imidazole rings is 1. The lowest BCUT2D eigenvalue weighted by molar-refractivity contribution is 0.391. The van der Waals surface area contributed by atoms with E-state index in [1.807, 2.05) is 31.5 Å². The van der Waals surface area contributed by atoms with E-state index >= 15 is 0 Å². The van der Waals surface area contributed by atoms with Crippen LogP contribution in [-0.2, 0) is 13.5 Å². The first-order chi connectivity index (χ1) is 13.1. The van der Waals surface area contributed by atoms with Gasteiger partial charge in [0.05, 0.1) is 5.69 Å². The first kappa shape index (κ1) is 17.6. The van der Waals surface area contributed by atoms with Crippen LogP contribution in [0, 0.1) is 18.7 Å². The van der Waals surface area contributed by atoms with Crippen LogP contribution in [0.5, 0.6) is 0 Å². The van der Waals surface area contributed by atoms with E-state index in [0.717, 1.165) is 55.1 Å². The average molecular weight is 365 g/mol. The van der Waals surface area contributed by atoms with Gasteiger partial charge in [-0.2, -0.15) is 0 Å². The highest BCUT2D eigenvalue weighted by molar-refractivity contribution is 5.62. The first-order valence-electron chi connectivity index (χ1n) is 9.41. The Balaban J connectivity index is 1.43. The summed E-state index contributed by atoms with van der Waals surface area (Å²) in [6.45, 7) is 4.00. The van der Waals surface area contributed by atoms with Crippen LogP contribution in [0.25, 0.3) is 11.3 Å². The summed E-state index contributed by atoms with van der Waals surface area (Å²) < 4.78 is 15.6. The molecule has 5 nitrogen and oxygen atoms in total. The topological polar surface area (TPSA) is 46.8 Å². The second kappa shape index (κ2) is 7.47. The summed E-state index contributed by atoms with van der Waals surface area (Å²) in [5, 5.41) is 8.81. The molecule has 0 atom stereocenters. The minimum absolute atomic E-state index is 0.259. The Hall–Kier alpha value is -2.76. The fourth-order valence-electron chi connectivity index (χ4n) is 3.78. The van der Waals surface area contributed by atoms with E-state index in [4.69, 9.17) is 0 Å². The van der Waals surface area contributed by atoms with Crippen LogP contribution in [0.2, 0.25) is 0 Å². The third-order valence-corrected chi connectivity index (χ3v) is 5.39. The van der Waals surface area contributed by atoms with Crippen molar-refractivity contribution in [2.75, 3.05) is 18.0 Å². The van der Waals surface area contributed by atoms with Gasteiger partial charge in [0.2, 0.25) is 0 Å². The SMILES string of the molecule is Cc1cc(-c2cccc(F)c2)nnc1N1CCC(Cc2nccn2C)CC1. The van der Waals surface area contributed by atoms with Crippen molar-refractivity contribution in [1.29, 1.82) is 0 Å². The molecule has 27 heavy (non-hydrogen) atoms. The van der Waals surface area contributed by atoms with Crippen molar-refractivity contribution < 1.29 is 4.39 Å². The van der Waals surface area contributed by atoms with Crippen molar-refractivity contribution in [1.82, 2.24) is 19.7 Å². The Morgan fingerprint density at radius 2 is 1.96 bits per heavy atom. The van der Waals surface area contributed by atoms with Gasteiger partial charge in [-0.15, -0.1) is 10.2 Å². The fraction of sp³-hybridized carbons (Fsp3) is 0.381. The molecular formula is C21H24FN5. The Kier molecular flexibility index (Phi) is 4.88. The van der Waals surface area contributed by atoms with Gasteiger partial charge >= 0.3 is 0 Å². The number of hydrogen-bond donors (Lipinski definition) is 0. The molecule has 0 saturated carbocycles. The predicted molar refractivity (Wildman–Crippen MR) is 104 cm³/mol. The van der Waals surface area contributed by atoms with Crippen LogP contribution in [-0.4, -0.2) is 32.8 Å². The van der Waals surface area contributed by atoms with Crippen LogP contribution in [0.15, 0.2) is 42.7 Å². The summed E-state index contributed by atoms with van der Waals surface area (Å²) in [5.74, 6) is 2.49. The molecule has 1 aliphatic heterocycles. The van der Waals surface area contributed by atoms with Gasteiger partial charge in [0.25, 0.3) is 0 Å². The average Bonchev–Trinajstić information content (AvgIpc) is 3.07. The molecule has 0 unspecified atom stereocenters. The quantitative estimate of drug-likeness (QED) is 0.706. The molecular weight excluding hydrogens is 341 g/mol. The summed E-state index contributed by atoms with van der Waals surface area (Å²) in [7, 11) is 2.05. The lowest BCUT2D eigenvalue weighted by Gasteiger charge is -2.33. The maximum atomic E-state index is 13.5. The maximum absolute atomic E-state index is 13.5. The zero-order valence-corrected chi connectivity index (χ0v) is 15.8. The van der Waals surface area contributed by atoms with E-state index in [1.165, 1.54) is 12.1 Å². The highest BCUT2D eigenvalue weighted by Gasteiger charge is 2.23. The van der Waals surface area contributed by atoms with E-state index in [2.05, 4.69) is 31.7 Å². The third kappa shape index (κ3) is 3.84. The summed E-state index contributed by atoms with van der Waals surface area (Å²) in [4.78, 5) is 6.76. The van der Waals surface area contributed by atoms with Crippen molar-refractivity contribution in [3.8, 4) is 11.3 Å². The monoisotopic (exact) mass is 365 g/mol. The van der Waals surface area contributed by atoms with Crippen molar-refractivity contribution in [2.24, 2.45) is 13.0 Å². The number of rotatable bonds is 4. The lowest BCUT2D eigenvalue weighted by Crippen LogP contribution is -2.35.